The van der Waals surface area contributed by atoms with Gasteiger partial charge in [-0.25, -0.2) is 0 Å². The molecule has 0 saturated carbocycles. The van der Waals surface area contributed by atoms with Crippen LogP contribution in [-0.2, 0) is 28.6 Å². The van der Waals surface area contributed by atoms with Crippen molar-refractivity contribution in [2.24, 2.45) is 0 Å². The van der Waals surface area contributed by atoms with E-state index in [1.54, 1.807) is 0 Å². The number of esters is 3. The monoisotopic (exact) mass is 977 g/mol. The van der Waals surface area contributed by atoms with Gasteiger partial charge in [-0.1, -0.05) is 280 Å². The van der Waals surface area contributed by atoms with Gasteiger partial charge in [-0.3, -0.25) is 14.4 Å². The first-order valence-electron chi connectivity index (χ1n) is 29.9. The van der Waals surface area contributed by atoms with E-state index in [0.29, 0.717) is 19.3 Å². The fraction of sp³-hybridized carbons (Fsp3) is 0.766. The molecule has 0 aromatic rings. The van der Waals surface area contributed by atoms with E-state index < -0.39 is 6.10 Å². The molecule has 0 rings (SSSR count). The highest BCUT2D eigenvalue weighted by Crippen LogP contribution is 2.17. The second kappa shape index (κ2) is 58.4. The number of ether oxygens (including phenoxy) is 3. The third kappa shape index (κ3) is 55.8. The third-order valence-corrected chi connectivity index (χ3v) is 13.0. The molecule has 6 nitrogen and oxygen atoms in total. The molecule has 1 atom stereocenters. The first-order valence-corrected chi connectivity index (χ1v) is 29.9. The summed E-state index contributed by atoms with van der Waals surface area (Å²) in [6.07, 6.45) is 75.3. The summed E-state index contributed by atoms with van der Waals surface area (Å²) in [5.41, 5.74) is 0. The minimum absolute atomic E-state index is 0.0909. The van der Waals surface area contributed by atoms with Crippen molar-refractivity contribution < 1.29 is 28.6 Å². The van der Waals surface area contributed by atoms with Gasteiger partial charge in [0.2, 0.25) is 0 Å². The quantitative estimate of drug-likeness (QED) is 0.0261. The molecule has 0 fully saturated rings. The Morgan fingerprint density at radius 2 is 0.557 bits per heavy atom. The zero-order valence-electron chi connectivity index (χ0n) is 46.3. The summed E-state index contributed by atoms with van der Waals surface area (Å²) < 4.78 is 16.7. The Balaban J connectivity index is 4.10. The summed E-state index contributed by atoms with van der Waals surface area (Å²) >= 11 is 0. The maximum absolute atomic E-state index is 12.8. The molecule has 0 spiro atoms. The number of allylic oxidation sites excluding steroid dienone is 12. The van der Waals surface area contributed by atoms with Crippen molar-refractivity contribution in [2.45, 2.75) is 303 Å². The minimum atomic E-state index is -0.794. The van der Waals surface area contributed by atoms with Crippen LogP contribution >= 0.6 is 0 Å². The van der Waals surface area contributed by atoms with E-state index in [2.05, 4.69) is 93.7 Å². The first-order chi connectivity index (χ1) is 34.5. The van der Waals surface area contributed by atoms with Crippen molar-refractivity contribution in [3.05, 3.63) is 72.9 Å². The van der Waals surface area contributed by atoms with Gasteiger partial charge in [0, 0.05) is 19.3 Å². The van der Waals surface area contributed by atoms with Crippen LogP contribution in [0.1, 0.15) is 297 Å². The van der Waals surface area contributed by atoms with Crippen molar-refractivity contribution in [3.63, 3.8) is 0 Å². The Morgan fingerprint density at radius 3 is 0.871 bits per heavy atom. The van der Waals surface area contributed by atoms with Crippen LogP contribution in [-0.4, -0.2) is 37.2 Å². The van der Waals surface area contributed by atoms with Crippen LogP contribution in [0.25, 0.3) is 0 Å². The lowest BCUT2D eigenvalue weighted by Gasteiger charge is -2.18. The van der Waals surface area contributed by atoms with E-state index in [-0.39, 0.29) is 37.5 Å². The SMILES string of the molecule is CC/C=C\C/C=C\C/C=C\C/C=C\C/C=C\C/C=C\CCCCC(=O)OC(COC(=O)CCCCCCC)COC(=O)CCCCCCCCCCCCCCCCCCCCCCCCCCCC. The van der Waals surface area contributed by atoms with Crippen LogP contribution in [0.3, 0.4) is 0 Å². The summed E-state index contributed by atoms with van der Waals surface area (Å²) in [5, 5.41) is 0. The van der Waals surface area contributed by atoms with Crippen LogP contribution in [0, 0.1) is 0 Å². The molecule has 0 aliphatic rings. The number of carbonyl (C=O) groups is 3. The molecule has 0 bridgehead atoms. The second-order valence-corrected chi connectivity index (χ2v) is 19.9. The van der Waals surface area contributed by atoms with Crippen LogP contribution in [0.5, 0.6) is 0 Å². The molecule has 0 aliphatic carbocycles. The predicted octanol–water partition coefficient (Wildman–Crippen LogP) is 20.2. The van der Waals surface area contributed by atoms with Gasteiger partial charge >= 0.3 is 17.9 Å². The Morgan fingerprint density at radius 1 is 0.300 bits per heavy atom. The van der Waals surface area contributed by atoms with Crippen molar-refractivity contribution in [3.8, 4) is 0 Å². The molecule has 70 heavy (non-hydrogen) atoms. The molecular formula is C64H112O6. The molecule has 0 aromatic heterocycles. The lowest BCUT2D eigenvalue weighted by Crippen LogP contribution is -2.30. The topological polar surface area (TPSA) is 78.9 Å². The van der Waals surface area contributed by atoms with Crippen LogP contribution in [0.4, 0.5) is 0 Å². The standard InChI is InChI=1S/C64H112O6/c1-4-7-10-13-15-17-19-21-23-25-27-29-30-31-32-33-35-36-38-40-42-44-46-48-51-54-57-63(66)69-60-61(59-68-62(65)56-53-50-12-9-6-3)70-64(67)58-55-52-49-47-45-43-41-39-37-34-28-26-24-22-20-18-16-14-11-8-5-2/h8,11,16,18,22,24,28,34,39,41,45,47,61H,4-7,9-10,12-15,17,19-21,23,25-27,29-33,35-38,40,42-44,46,48-60H2,1-3H3/b11-8-,18-16-,24-22-,34-28-,41-39-,47-45-. The fourth-order valence-corrected chi connectivity index (χ4v) is 8.51. The summed E-state index contributed by atoms with van der Waals surface area (Å²) in [4.78, 5) is 37.8. The lowest BCUT2D eigenvalue weighted by atomic mass is 10.0. The highest BCUT2D eigenvalue weighted by molar-refractivity contribution is 5.71. The average Bonchev–Trinajstić information content (AvgIpc) is 3.36. The Kier molecular flexibility index (Phi) is 55.8. The Bertz CT molecular complexity index is 1310. The largest absolute Gasteiger partial charge is 0.462 e. The summed E-state index contributed by atoms with van der Waals surface area (Å²) in [5.74, 6) is -0.940. The normalized spacial score (nSPS) is 12.6. The van der Waals surface area contributed by atoms with E-state index in [1.165, 1.54) is 154 Å². The van der Waals surface area contributed by atoms with Gasteiger partial charge < -0.3 is 14.2 Å². The first kappa shape index (κ1) is 66.9. The van der Waals surface area contributed by atoms with Crippen molar-refractivity contribution >= 4 is 17.9 Å². The van der Waals surface area contributed by atoms with E-state index in [0.717, 1.165) is 96.3 Å². The molecule has 0 N–H and O–H groups in total. The summed E-state index contributed by atoms with van der Waals surface area (Å²) in [7, 11) is 0. The van der Waals surface area contributed by atoms with Gasteiger partial charge in [-0.05, 0) is 70.6 Å². The number of unbranched alkanes of at least 4 members (excludes halogenated alkanes) is 31. The molecule has 0 aliphatic heterocycles. The molecule has 0 aromatic carbocycles. The zero-order valence-corrected chi connectivity index (χ0v) is 46.3. The molecular weight excluding hydrogens is 865 g/mol. The number of rotatable bonds is 54. The lowest BCUT2D eigenvalue weighted by molar-refractivity contribution is -0.167. The summed E-state index contributed by atoms with van der Waals surface area (Å²) in [6, 6.07) is 0. The maximum atomic E-state index is 12.8. The maximum Gasteiger partial charge on any atom is 0.306 e. The van der Waals surface area contributed by atoms with Crippen molar-refractivity contribution in [2.75, 3.05) is 13.2 Å². The number of hydrogen-bond donors (Lipinski definition) is 0. The summed E-state index contributed by atoms with van der Waals surface area (Å²) in [6.45, 7) is 6.43. The number of carbonyl (C=O) groups excluding carboxylic acids is 3. The van der Waals surface area contributed by atoms with Gasteiger partial charge in [0.25, 0.3) is 0 Å². The third-order valence-electron chi connectivity index (χ3n) is 13.0. The molecule has 0 saturated heterocycles. The number of hydrogen-bond acceptors (Lipinski definition) is 6. The Labute approximate surface area is 433 Å². The van der Waals surface area contributed by atoms with Crippen molar-refractivity contribution in [1.29, 1.82) is 0 Å². The average molecular weight is 978 g/mol. The fourth-order valence-electron chi connectivity index (χ4n) is 8.51. The van der Waals surface area contributed by atoms with E-state index >= 15 is 0 Å². The van der Waals surface area contributed by atoms with Gasteiger partial charge in [0.05, 0.1) is 0 Å². The molecule has 0 heterocycles. The van der Waals surface area contributed by atoms with E-state index in [1.807, 2.05) is 0 Å². The smallest absolute Gasteiger partial charge is 0.306 e. The predicted molar refractivity (Wildman–Crippen MR) is 302 cm³/mol. The second-order valence-electron chi connectivity index (χ2n) is 19.9. The molecule has 1 unspecified atom stereocenters. The van der Waals surface area contributed by atoms with Crippen LogP contribution < -0.4 is 0 Å². The van der Waals surface area contributed by atoms with Gasteiger partial charge in [0.1, 0.15) is 13.2 Å². The van der Waals surface area contributed by atoms with Gasteiger partial charge in [0.15, 0.2) is 6.10 Å². The highest BCUT2D eigenvalue weighted by atomic mass is 16.6. The highest BCUT2D eigenvalue weighted by Gasteiger charge is 2.19. The van der Waals surface area contributed by atoms with Crippen LogP contribution in [0.2, 0.25) is 0 Å². The minimum Gasteiger partial charge on any atom is -0.462 e. The molecule has 404 valence electrons. The van der Waals surface area contributed by atoms with Crippen molar-refractivity contribution in [1.82, 2.24) is 0 Å². The van der Waals surface area contributed by atoms with Gasteiger partial charge in [-0.15, -0.1) is 0 Å². The molecule has 6 heteroatoms. The molecule has 0 radical (unpaired) electrons. The zero-order chi connectivity index (χ0) is 50.7. The molecule has 0 amide bonds. The van der Waals surface area contributed by atoms with E-state index in [4.69, 9.17) is 14.2 Å². The van der Waals surface area contributed by atoms with Gasteiger partial charge in [-0.2, -0.15) is 0 Å². The van der Waals surface area contributed by atoms with Crippen LogP contribution in [0.15, 0.2) is 72.9 Å². The van der Waals surface area contributed by atoms with E-state index in [9.17, 15) is 14.4 Å². The Hall–Kier alpha value is -3.15.